The van der Waals surface area contributed by atoms with Crippen molar-refractivity contribution in [2.45, 2.75) is 6.42 Å². The molecule has 4 aliphatic carbocycles. The molecule has 24 heavy (non-hydrogen) atoms. The van der Waals surface area contributed by atoms with Crippen molar-refractivity contribution in [1.82, 2.24) is 0 Å². The Bertz CT molecular complexity index is 990. The summed E-state index contributed by atoms with van der Waals surface area (Å²) in [5, 5.41) is 2.68. The molecule has 0 saturated heterocycles. The van der Waals surface area contributed by atoms with Crippen LogP contribution >= 0.6 is 0 Å². The van der Waals surface area contributed by atoms with Crippen LogP contribution < -0.4 is 10.4 Å². The van der Waals surface area contributed by atoms with E-state index in [0.29, 0.717) is 6.79 Å². The highest BCUT2D eigenvalue weighted by atomic mass is 16.7. The maximum atomic E-state index is 5.31. The van der Waals surface area contributed by atoms with Crippen molar-refractivity contribution < 1.29 is 9.47 Å². The molecule has 116 valence electrons. The van der Waals surface area contributed by atoms with E-state index in [0.717, 1.165) is 17.9 Å². The Labute approximate surface area is 140 Å². The summed E-state index contributed by atoms with van der Waals surface area (Å²) < 4.78 is 10.6. The van der Waals surface area contributed by atoms with Crippen molar-refractivity contribution in [3.8, 4) is 0 Å². The van der Waals surface area contributed by atoms with Gasteiger partial charge >= 0.3 is 0 Å². The number of rotatable bonds is 0. The molecule has 1 aromatic carbocycles. The van der Waals surface area contributed by atoms with Crippen LogP contribution in [0.4, 0.5) is 0 Å². The van der Waals surface area contributed by atoms with Crippen LogP contribution in [0.1, 0.15) is 17.5 Å². The van der Waals surface area contributed by atoms with Crippen LogP contribution in [0.2, 0.25) is 0 Å². The van der Waals surface area contributed by atoms with Gasteiger partial charge in [-0.25, -0.2) is 0 Å². The maximum Gasteiger partial charge on any atom is 0.230 e. The van der Waals surface area contributed by atoms with Crippen molar-refractivity contribution in [2.75, 3.05) is 6.79 Å². The Kier molecular flexibility index (Phi) is 2.95. The van der Waals surface area contributed by atoms with Gasteiger partial charge in [0, 0.05) is 6.42 Å². The van der Waals surface area contributed by atoms with Gasteiger partial charge < -0.3 is 9.47 Å². The van der Waals surface area contributed by atoms with E-state index in [4.69, 9.17) is 9.47 Å². The van der Waals surface area contributed by atoms with Crippen LogP contribution in [0.25, 0.3) is 24.3 Å². The molecule has 1 aliphatic heterocycles. The van der Waals surface area contributed by atoms with Crippen molar-refractivity contribution >= 4 is 24.3 Å². The number of hydrogen-bond acceptors (Lipinski definition) is 2. The van der Waals surface area contributed by atoms with Crippen LogP contribution in [0.15, 0.2) is 71.3 Å². The molecule has 0 saturated carbocycles. The lowest BCUT2D eigenvalue weighted by Crippen LogP contribution is -2.12. The second-order valence-corrected chi connectivity index (χ2v) is 6.18. The predicted octanol–water partition coefficient (Wildman–Crippen LogP) is 3.33. The van der Waals surface area contributed by atoms with Crippen molar-refractivity contribution in [2.24, 2.45) is 0 Å². The minimum absolute atomic E-state index is 0.380. The van der Waals surface area contributed by atoms with E-state index in [1.807, 2.05) is 6.08 Å². The maximum absolute atomic E-state index is 5.31. The van der Waals surface area contributed by atoms with Crippen LogP contribution in [0, 0.1) is 0 Å². The van der Waals surface area contributed by atoms with Gasteiger partial charge in [-0.05, 0) is 50.9 Å². The zero-order chi connectivity index (χ0) is 15.9. The quantitative estimate of drug-likeness (QED) is 0.731. The molecule has 1 heterocycles. The van der Waals surface area contributed by atoms with Gasteiger partial charge in [0.2, 0.25) is 6.79 Å². The van der Waals surface area contributed by atoms with Gasteiger partial charge in [0.05, 0.1) is 0 Å². The summed E-state index contributed by atoms with van der Waals surface area (Å²) in [6.07, 6.45) is 22.0. The molecule has 2 nitrogen and oxygen atoms in total. The summed E-state index contributed by atoms with van der Waals surface area (Å²) in [6, 6.07) is 4.48. The van der Waals surface area contributed by atoms with E-state index in [2.05, 4.69) is 66.8 Å². The highest BCUT2D eigenvalue weighted by molar-refractivity contribution is 5.73. The summed E-state index contributed by atoms with van der Waals surface area (Å²) in [5.74, 6) is 1.89. The van der Waals surface area contributed by atoms with Gasteiger partial charge in [-0.1, -0.05) is 54.7 Å². The zero-order valence-electron chi connectivity index (χ0n) is 13.2. The van der Waals surface area contributed by atoms with Crippen LogP contribution in [0.5, 0.6) is 0 Å². The topological polar surface area (TPSA) is 18.5 Å². The van der Waals surface area contributed by atoms with Crippen LogP contribution in [-0.2, 0) is 9.47 Å². The Morgan fingerprint density at radius 1 is 0.750 bits per heavy atom. The molecule has 5 aliphatic rings. The van der Waals surface area contributed by atoms with Crippen molar-refractivity contribution in [1.29, 1.82) is 0 Å². The minimum atomic E-state index is 0.380. The third-order valence-electron chi connectivity index (χ3n) is 4.70. The molecule has 2 heteroatoms. The number of hydrogen-bond donors (Lipinski definition) is 0. The number of benzene rings is 1. The second-order valence-electron chi connectivity index (χ2n) is 6.18. The van der Waals surface area contributed by atoms with E-state index >= 15 is 0 Å². The highest BCUT2D eigenvalue weighted by Crippen LogP contribution is 2.35. The molecule has 6 rings (SSSR count). The van der Waals surface area contributed by atoms with E-state index < -0.39 is 0 Å². The average Bonchev–Trinajstić information content (AvgIpc) is 3.35. The molecule has 0 radical (unpaired) electrons. The smallest absolute Gasteiger partial charge is 0.230 e. The van der Waals surface area contributed by atoms with E-state index in [1.165, 1.54) is 32.7 Å². The molecule has 0 spiro atoms. The fourth-order valence-electron chi connectivity index (χ4n) is 3.42. The molecular weight excluding hydrogens is 296 g/mol. The number of ether oxygens (including phenoxy) is 2. The normalized spacial score (nSPS) is 19.7. The monoisotopic (exact) mass is 312 g/mol. The predicted molar refractivity (Wildman–Crippen MR) is 96.7 cm³/mol. The summed E-state index contributed by atoms with van der Waals surface area (Å²) in [5.41, 5.74) is 5.28. The zero-order valence-corrected chi connectivity index (χ0v) is 13.2. The van der Waals surface area contributed by atoms with Gasteiger partial charge in [-0.3, -0.25) is 0 Å². The molecule has 0 aromatic heterocycles. The second kappa shape index (κ2) is 5.27. The van der Waals surface area contributed by atoms with Crippen LogP contribution in [-0.4, -0.2) is 6.79 Å². The molecule has 0 unspecified atom stereocenters. The van der Waals surface area contributed by atoms with E-state index in [9.17, 15) is 0 Å². The molecule has 0 N–H and O–H groups in total. The Balaban J connectivity index is 0.000000109. The SMILES string of the molecule is C1=CC2=CC3=C(CC2=C1)OCO3.C1=Cc2cc3c(cc2=C1)C=CC=3. The first-order valence-electron chi connectivity index (χ1n) is 8.16. The van der Waals surface area contributed by atoms with E-state index in [-0.39, 0.29) is 0 Å². The molecular formula is C22H16O2. The Hall–Kier alpha value is -3.00. The first-order chi connectivity index (χ1) is 11.9. The first-order valence-corrected chi connectivity index (χ1v) is 8.16. The summed E-state index contributed by atoms with van der Waals surface area (Å²) in [6.45, 7) is 0.380. The highest BCUT2D eigenvalue weighted by Gasteiger charge is 2.24. The van der Waals surface area contributed by atoms with Crippen LogP contribution in [0.3, 0.4) is 0 Å². The molecule has 0 fully saturated rings. The van der Waals surface area contributed by atoms with Gasteiger partial charge in [0.15, 0.2) is 5.76 Å². The Morgan fingerprint density at radius 3 is 2.21 bits per heavy atom. The lowest BCUT2D eigenvalue weighted by atomic mass is 9.99. The minimum Gasteiger partial charge on any atom is -0.458 e. The molecule has 0 bridgehead atoms. The van der Waals surface area contributed by atoms with Gasteiger partial charge in [0.25, 0.3) is 0 Å². The number of allylic oxidation sites excluding steroid dienone is 8. The van der Waals surface area contributed by atoms with E-state index in [1.54, 1.807) is 0 Å². The average molecular weight is 312 g/mol. The fraction of sp³-hybridized carbons (Fsp3) is 0.0909. The summed E-state index contributed by atoms with van der Waals surface area (Å²) >= 11 is 0. The van der Waals surface area contributed by atoms with Gasteiger partial charge in [-0.2, -0.15) is 0 Å². The molecule has 0 atom stereocenters. The lowest BCUT2D eigenvalue weighted by molar-refractivity contribution is 0.0736. The number of fused-ring (bicyclic) bond motifs is 3. The van der Waals surface area contributed by atoms with Gasteiger partial charge in [-0.15, -0.1) is 0 Å². The third-order valence-corrected chi connectivity index (χ3v) is 4.70. The largest absolute Gasteiger partial charge is 0.458 e. The standard InChI is InChI=1S/C12H8.C10H8O2/c1-3-9-7-11-5-2-6-12(11)8-10(9)4-1;1-2-7-4-9-10(12-6-11-9)5-8(7)3-1/h1-8H;1-4H,5-6H2. The summed E-state index contributed by atoms with van der Waals surface area (Å²) in [4.78, 5) is 0. The van der Waals surface area contributed by atoms with Gasteiger partial charge in [0.1, 0.15) is 5.76 Å². The molecule has 0 amide bonds. The van der Waals surface area contributed by atoms with Crippen molar-refractivity contribution in [3.05, 3.63) is 92.8 Å². The Morgan fingerprint density at radius 2 is 1.46 bits per heavy atom. The third kappa shape index (κ3) is 2.19. The molecule has 1 aromatic rings. The van der Waals surface area contributed by atoms with Crippen molar-refractivity contribution in [3.63, 3.8) is 0 Å². The summed E-state index contributed by atoms with van der Waals surface area (Å²) in [7, 11) is 0. The lowest BCUT2D eigenvalue weighted by Gasteiger charge is -2.10. The first kappa shape index (κ1) is 13.4. The fourth-order valence-corrected chi connectivity index (χ4v) is 3.42.